The van der Waals surface area contributed by atoms with Gasteiger partial charge in [0.2, 0.25) is 0 Å². The number of hydrogen-bond donors (Lipinski definition) is 0. The van der Waals surface area contributed by atoms with Gasteiger partial charge in [-0.2, -0.15) is 0 Å². The number of carbonyl (C=O) groups excluding carboxylic acids is 2. The Labute approximate surface area is 76.6 Å². The Bertz CT molecular complexity index is 328. The van der Waals surface area contributed by atoms with E-state index in [-0.39, 0.29) is 18.0 Å². The van der Waals surface area contributed by atoms with E-state index in [1.54, 1.807) is 17.9 Å². The van der Waals surface area contributed by atoms with E-state index in [1.165, 1.54) is 13.1 Å². The highest BCUT2D eigenvalue weighted by Crippen LogP contribution is 2.03. The van der Waals surface area contributed by atoms with Crippen molar-refractivity contribution < 1.29 is 9.59 Å². The van der Waals surface area contributed by atoms with Crippen molar-refractivity contribution in [3.05, 3.63) is 18.2 Å². The minimum absolute atomic E-state index is 0.0322. The molecule has 0 aliphatic carbocycles. The Morgan fingerprint density at radius 3 is 2.62 bits per heavy atom. The second-order valence-electron chi connectivity index (χ2n) is 3.01. The van der Waals surface area contributed by atoms with Crippen molar-refractivity contribution in [3.63, 3.8) is 0 Å². The van der Waals surface area contributed by atoms with Gasteiger partial charge in [0.05, 0.1) is 12.5 Å². The number of aryl methyl sites for hydroxylation is 1. The molecule has 4 heteroatoms. The van der Waals surface area contributed by atoms with Gasteiger partial charge in [-0.15, -0.1) is 0 Å². The Kier molecular flexibility index (Phi) is 2.95. The molecule has 0 aliphatic rings. The molecule has 1 aromatic rings. The third kappa shape index (κ3) is 2.50. The number of carbonyl (C=O) groups is 2. The monoisotopic (exact) mass is 180 g/mol. The van der Waals surface area contributed by atoms with Crippen molar-refractivity contribution >= 4 is 11.6 Å². The van der Waals surface area contributed by atoms with Crippen molar-refractivity contribution in [2.45, 2.75) is 19.8 Å². The number of rotatable bonds is 4. The van der Waals surface area contributed by atoms with Gasteiger partial charge < -0.3 is 9.36 Å². The first-order valence-electron chi connectivity index (χ1n) is 4.10. The van der Waals surface area contributed by atoms with Gasteiger partial charge in [-0.25, -0.2) is 4.98 Å². The zero-order valence-electron chi connectivity index (χ0n) is 7.78. The molecule has 0 amide bonds. The third-order valence-electron chi connectivity index (χ3n) is 1.81. The van der Waals surface area contributed by atoms with Crippen LogP contribution in [0.3, 0.4) is 0 Å². The van der Waals surface area contributed by atoms with Crippen molar-refractivity contribution in [1.29, 1.82) is 0 Å². The summed E-state index contributed by atoms with van der Waals surface area (Å²) in [6, 6.07) is 0. The van der Waals surface area contributed by atoms with Gasteiger partial charge in [-0.3, -0.25) is 4.79 Å². The van der Waals surface area contributed by atoms with Crippen LogP contribution in [0, 0.1) is 0 Å². The molecule has 0 saturated carbocycles. The summed E-state index contributed by atoms with van der Waals surface area (Å²) in [5.41, 5.74) is 0.557. The lowest BCUT2D eigenvalue weighted by Crippen LogP contribution is -2.06. The topological polar surface area (TPSA) is 52.0 Å². The molecule has 0 fully saturated rings. The molecule has 1 rings (SSSR count). The second kappa shape index (κ2) is 3.98. The summed E-state index contributed by atoms with van der Waals surface area (Å²) in [6.07, 6.45) is 3.67. The summed E-state index contributed by atoms with van der Waals surface area (Å²) in [5.74, 6) is 0.00529. The predicted octanol–water partition coefficient (Wildman–Crippen LogP) is 0.972. The Morgan fingerprint density at radius 1 is 1.46 bits per heavy atom. The van der Waals surface area contributed by atoms with Crippen molar-refractivity contribution in [3.8, 4) is 0 Å². The molecule has 0 aliphatic heterocycles. The Morgan fingerprint density at radius 2 is 2.15 bits per heavy atom. The number of imidazole rings is 1. The summed E-state index contributed by atoms with van der Waals surface area (Å²) in [4.78, 5) is 25.9. The quantitative estimate of drug-likeness (QED) is 0.649. The Balaban J connectivity index is 2.59. The van der Waals surface area contributed by atoms with Gasteiger partial charge in [0.15, 0.2) is 5.78 Å². The molecule has 0 bridgehead atoms. The van der Waals surface area contributed by atoms with Gasteiger partial charge in [0, 0.05) is 19.9 Å². The largest absolute Gasteiger partial charge is 0.331 e. The van der Waals surface area contributed by atoms with Crippen LogP contribution in [0.4, 0.5) is 0 Å². The van der Waals surface area contributed by atoms with Gasteiger partial charge in [0.1, 0.15) is 11.5 Å². The zero-order valence-corrected chi connectivity index (χ0v) is 7.78. The van der Waals surface area contributed by atoms with Crippen LogP contribution >= 0.6 is 0 Å². The fourth-order valence-corrected chi connectivity index (χ4v) is 1.04. The lowest BCUT2D eigenvalue weighted by Gasteiger charge is -1.99. The molecule has 0 saturated heterocycles. The number of aromatic nitrogens is 2. The third-order valence-corrected chi connectivity index (χ3v) is 1.81. The van der Waals surface area contributed by atoms with Crippen LogP contribution in [-0.2, 0) is 11.8 Å². The minimum atomic E-state index is -0.0322. The minimum Gasteiger partial charge on any atom is -0.331 e. The first-order valence-corrected chi connectivity index (χ1v) is 4.10. The maximum Gasteiger partial charge on any atom is 0.181 e. The summed E-state index contributed by atoms with van der Waals surface area (Å²) in [7, 11) is 1.76. The summed E-state index contributed by atoms with van der Waals surface area (Å²) in [6.45, 7) is 1.48. The molecule has 70 valence electrons. The van der Waals surface area contributed by atoms with Crippen LogP contribution in [0.5, 0.6) is 0 Å². The fourth-order valence-electron chi connectivity index (χ4n) is 1.04. The first-order chi connectivity index (χ1) is 6.11. The molecule has 0 radical (unpaired) electrons. The van der Waals surface area contributed by atoms with Crippen molar-refractivity contribution in [1.82, 2.24) is 9.55 Å². The second-order valence-corrected chi connectivity index (χ2v) is 3.01. The molecule has 0 spiro atoms. The van der Waals surface area contributed by atoms with Crippen molar-refractivity contribution in [2.75, 3.05) is 0 Å². The predicted molar refractivity (Wildman–Crippen MR) is 47.5 cm³/mol. The van der Waals surface area contributed by atoms with Gasteiger partial charge in [-0.1, -0.05) is 0 Å². The van der Waals surface area contributed by atoms with E-state index >= 15 is 0 Å². The maximum absolute atomic E-state index is 11.4. The van der Waals surface area contributed by atoms with Gasteiger partial charge >= 0.3 is 0 Å². The van der Waals surface area contributed by atoms with Gasteiger partial charge in [0.25, 0.3) is 0 Å². The molecular weight excluding hydrogens is 168 g/mol. The lowest BCUT2D eigenvalue weighted by atomic mass is 10.1. The van der Waals surface area contributed by atoms with Gasteiger partial charge in [-0.05, 0) is 6.92 Å². The van der Waals surface area contributed by atoms with Crippen LogP contribution in [-0.4, -0.2) is 21.1 Å². The van der Waals surface area contributed by atoms with Crippen molar-refractivity contribution in [2.24, 2.45) is 7.05 Å². The first kappa shape index (κ1) is 9.64. The van der Waals surface area contributed by atoms with E-state index in [9.17, 15) is 9.59 Å². The van der Waals surface area contributed by atoms with Crippen LogP contribution in [0.25, 0.3) is 0 Å². The molecule has 0 N–H and O–H groups in total. The fraction of sp³-hybridized carbons (Fsp3) is 0.444. The van der Waals surface area contributed by atoms with E-state index in [1.807, 2.05) is 0 Å². The molecule has 4 nitrogen and oxygen atoms in total. The Hall–Kier alpha value is -1.45. The van der Waals surface area contributed by atoms with Crippen LogP contribution in [0.15, 0.2) is 12.5 Å². The zero-order chi connectivity index (χ0) is 9.84. The molecule has 13 heavy (non-hydrogen) atoms. The average Bonchev–Trinajstić information content (AvgIpc) is 2.47. The number of Topliss-reactive ketones (excluding diaryl/α,β-unsaturated/α-hetero) is 2. The average molecular weight is 180 g/mol. The van der Waals surface area contributed by atoms with E-state index in [0.29, 0.717) is 12.1 Å². The van der Waals surface area contributed by atoms with E-state index in [4.69, 9.17) is 0 Å². The molecule has 1 heterocycles. The number of ketones is 2. The molecular formula is C9H12N2O2. The molecule has 0 aromatic carbocycles. The van der Waals surface area contributed by atoms with Crippen LogP contribution in [0.2, 0.25) is 0 Å². The summed E-state index contributed by atoms with van der Waals surface area (Å²) < 4.78 is 1.66. The molecule has 0 atom stereocenters. The van der Waals surface area contributed by atoms with E-state index < -0.39 is 0 Å². The summed E-state index contributed by atoms with van der Waals surface area (Å²) in [5, 5.41) is 0. The van der Waals surface area contributed by atoms with Crippen LogP contribution in [0.1, 0.15) is 30.3 Å². The molecule has 1 aromatic heterocycles. The maximum atomic E-state index is 11.4. The normalized spacial score (nSPS) is 10.0. The highest BCUT2D eigenvalue weighted by Gasteiger charge is 2.09. The van der Waals surface area contributed by atoms with Crippen LogP contribution < -0.4 is 0 Å². The lowest BCUT2D eigenvalue weighted by molar-refractivity contribution is -0.116. The highest BCUT2D eigenvalue weighted by atomic mass is 16.1. The SMILES string of the molecule is CC(=O)CCC(=O)c1cncn1C. The number of nitrogens with zero attached hydrogens (tertiary/aromatic N) is 2. The van der Waals surface area contributed by atoms with E-state index in [2.05, 4.69) is 4.98 Å². The van der Waals surface area contributed by atoms with E-state index in [0.717, 1.165) is 0 Å². The molecule has 0 unspecified atom stereocenters. The standard InChI is InChI=1S/C9H12N2O2/c1-7(12)3-4-9(13)8-5-10-6-11(8)2/h5-6H,3-4H2,1-2H3. The number of hydrogen-bond acceptors (Lipinski definition) is 3. The summed E-state index contributed by atoms with van der Waals surface area (Å²) >= 11 is 0. The highest BCUT2D eigenvalue weighted by molar-refractivity contribution is 5.96. The smallest absolute Gasteiger partial charge is 0.181 e.